The Bertz CT molecular complexity index is 906. The van der Waals surface area contributed by atoms with Crippen molar-refractivity contribution < 1.29 is 19.4 Å². The van der Waals surface area contributed by atoms with E-state index >= 15 is 0 Å². The zero-order chi connectivity index (χ0) is 20.1. The average Bonchev–Trinajstić information content (AvgIpc) is 2.73. The second-order valence-corrected chi connectivity index (χ2v) is 6.51. The molecule has 9 heteroatoms. The molecule has 3 rings (SSSR count). The van der Waals surface area contributed by atoms with Crippen LogP contribution in [0.2, 0.25) is 0 Å². The summed E-state index contributed by atoms with van der Waals surface area (Å²) in [7, 11) is 3.04. The summed E-state index contributed by atoms with van der Waals surface area (Å²) in [4.78, 5) is 31.5. The molecule has 150 valence electrons. The molecule has 0 unspecified atom stereocenters. The standard InChI is InChI=1S/C19H24N4O5/c1-27-13-5-3-4-12(16(13)28-2)10-21-18(25)14-15(24)19(26)23-17(22-14)11-6-8-20-9-7-11/h3-5,11,20,24H,6-10H2,1-2H3,(H,21,25)(H,22,23,26). The van der Waals surface area contributed by atoms with Crippen LogP contribution < -0.4 is 25.7 Å². The molecule has 0 spiro atoms. The minimum Gasteiger partial charge on any atom is -0.501 e. The fourth-order valence-electron chi connectivity index (χ4n) is 3.28. The van der Waals surface area contributed by atoms with E-state index < -0.39 is 17.2 Å². The molecule has 2 aromatic rings. The lowest BCUT2D eigenvalue weighted by Gasteiger charge is -2.22. The Labute approximate surface area is 162 Å². The van der Waals surface area contributed by atoms with Crippen LogP contribution in [0, 0.1) is 0 Å². The second-order valence-electron chi connectivity index (χ2n) is 6.51. The number of aromatic amines is 1. The predicted molar refractivity (Wildman–Crippen MR) is 102 cm³/mol. The van der Waals surface area contributed by atoms with Crippen LogP contribution in [0.25, 0.3) is 0 Å². The number of H-pyrrole nitrogens is 1. The molecule has 0 radical (unpaired) electrons. The smallest absolute Gasteiger partial charge is 0.293 e. The number of para-hydroxylation sites is 1. The van der Waals surface area contributed by atoms with Gasteiger partial charge in [0.2, 0.25) is 5.75 Å². The van der Waals surface area contributed by atoms with Crippen molar-refractivity contribution in [3.8, 4) is 17.2 Å². The summed E-state index contributed by atoms with van der Waals surface area (Å²) in [6.07, 6.45) is 1.60. The maximum absolute atomic E-state index is 12.6. The van der Waals surface area contributed by atoms with Gasteiger partial charge < -0.3 is 30.2 Å². The Morgan fingerprint density at radius 2 is 2.04 bits per heavy atom. The summed E-state index contributed by atoms with van der Waals surface area (Å²) < 4.78 is 10.6. The van der Waals surface area contributed by atoms with E-state index in [0.717, 1.165) is 25.9 Å². The number of carbonyl (C=O) groups is 1. The van der Waals surface area contributed by atoms with Gasteiger partial charge in [-0.15, -0.1) is 0 Å². The van der Waals surface area contributed by atoms with Gasteiger partial charge in [-0.05, 0) is 32.0 Å². The molecule has 1 aromatic carbocycles. The van der Waals surface area contributed by atoms with E-state index in [-0.39, 0.29) is 18.2 Å². The highest BCUT2D eigenvalue weighted by Crippen LogP contribution is 2.30. The van der Waals surface area contributed by atoms with Crippen molar-refractivity contribution in [1.82, 2.24) is 20.6 Å². The fourth-order valence-corrected chi connectivity index (χ4v) is 3.28. The van der Waals surface area contributed by atoms with E-state index in [1.807, 2.05) is 0 Å². The van der Waals surface area contributed by atoms with Crippen LogP contribution in [0.5, 0.6) is 17.2 Å². The monoisotopic (exact) mass is 388 g/mol. The first kappa shape index (κ1) is 19.7. The zero-order valence-corrected chi connectivity index (χ0v) is 15.9. The molecule has 4 N–H and O–H groups in total. The van der Waals surface area contributed by atoms with Crippen LogP contribution in [0.4, 0.5) is 0 Å². The van der Waals surface area contributed by atoms with E-state index in [2.05, 4.69) is 20.6 Å². The van der Waals surface area contributed by atoms with Gasteiger partial charge >= 0.3 is 0 Å². The summed E-state index contributed by atoms with van der Waals surface area (Å²) in [6.45, 7) is 1.74. The molecule has 0 atom stereocenters. The van der Waals surface area contributed by atoms with Crippen molar-refractivity contribution in [3.63, 3.8) is 0 Å². The molecule has 2 heterocycles. The lowest BCUT2D eigenvalue weighted by Crippen LogP contribution is -2.31. The maximum Gasteiger partial charge on any atom is 0.293 e. The molecule has 1 aliphatic heterocycles. The van der Waals surface area contributed by atoms with Crippen LogP contribution in [-0.4, -0.2) is 48.3 Å². The number of hydrogen-bond donors (Lipinski definition) is 4. The number of ether oxygens (including phenoxy) is 2. The minimum atomic E-state index is -0.715. The topological polar surface area (TPSA) is 126 Å². The quantitative estimate of drug-likeness (QED) is 0.579. The normalized spacial score (nSPS) is 14.5. The highest BCUT2D eigenvalue weighted by Gasteiger charge is 2.23. The summed E-state index contributed by atoms with van der Waals surface area (Å²) >= 11 is 0. The molecule has 9 nitrogen and oxygen atoms in total. The largest absolute Gasteiger partial charge is 0.501 e. The Hall–Kier alpha value is -3.07. The van der Waals surface area contributed by atoms with Gasteiger partial charge in [0.1, 0.15) is 5.82 Å². The molecule has 0 bridgehead atoms. The van der Waals surface area contributed by atoms with Crippen molar-refractivity contribution in [2.24, 2.45) is 0 Å². The van der Waals surface area contributed by atoms with Gasteiger partial charge in [-0.1, -0.05) is 12.1 Å². The lowest BCUT2D eigenvalue weighted by molar-refractivity contribution is 0.0941. The van der Waals surface area contributed by atoms with E-state index in [9.17, 15) is 14.7 Å². The molecular formula is C19H24N4O5. The summed E-state index contributed by atoms with van der Waals surface area (Å²) in [5.74, 6) is 0.188. The highest BCUT2D eigenvalue weighted by molar-refractivity contribution is 5.94. The zero-order valence-electron chi connectivity index (χ0n) is 15.9. The Kier molecular flexibility index (Phi) is 6.15. The molecule has 0 saturated carbocycles. The fraction of sp³-hybridized carbons (Fsp3) is 0.421. The van der Waals surface area contributed by atoms with Crippen molar-refractivity contribution in [2.75, 3.05) is 27.3 Å². The molecule has 1 amide bonds. The number of carbonyl (C=O) groups excluding carboxylic acids is 1. The predicted octanol–water partition coefficient (Wildman–Crippen LogP) is 0.890. The molecule has 0 aliphatic carbocycles. The molecule has 1 aromatic heterocycles. The molecule has 28 heavy (non-hydrogen) atoms. The van der Waals surface area contributed by atoms with Crippen molar-refractivity contribution in [3.05, 3.63) is 45.6 Å². The van der Waals surface area contributed by atoms with Crippen LogP contribution in [-0.2, 0) is 6.54 Å². The first-order valence-electron chi connectivity index (χ1n) is 9.07. The minimum absolute atomic E-state index is 0.0413. The highest BCUT2D eigenvalue weighted by atomic mass is 16.5. The SMILES string of the molecule is COc1cccc(CNC(=O)c2nc(C3CCNCC3)[nH]c(=O)c2O)c1OC. The van der Waals surface area contributed by atoms with Crippen LogP contribution in [0.15, 0.2) is 23.0 Å². The van der Waals surface area contributed by atoms with Crippen molar-refractivity contribution in [1.29, 1.82) is 0 Å². The molecule has 1 fully saturated rings. The maximum atomic E-state index is 12.6. The van der Waals surface area contributed by atoms with Gasteiger partial charge in [0.05, 0.1) is 14.2 Å². The van der Waals surface area contributed by atoms with Gasteiger partial charge in [-0.2, -0.15) is 0 Å². The lowest BCUT2D eigenvalue weighted by atomic mass is 9.97. The Morgan fingerprint density at radius 1 is 1.29 bits per heavy atom. The first-order chi connectivity index (χ1) is 13.5. The Morgan fingerprint density at radius 3 is 2.71 bits per heavy atom. The van der Waals surface area contributed by atoms with Gasteiger partial charge in [0.25, 0.3) is 11.5 Å². The summed E-state index contributed by atoms with van der Waals surface area (Å²) in [5, 5.41) is 16.0. The van der Waals surface area contributed by atoms with E-state index in [0.29, 0.717) is 22.9 Å². The van der Waals surface area contributed by atoms with Crippen LogP contribution in [0.3, 0.4) is 0 Å². The van der Waals surface area contributed by atoms with E-state index in [4.69, 9.17) is 9.47 Å². The number of hydrogen-bond acceptors (Lipinski definition) is 7. The van der Waals surface area contributed by atoms with Gasteiger partial charge in [0.15, 0.2) is 17.2 Å². The third kappa shape index (κ3) is 4.09. The number of rotatable bonds is 6. The van der Waals surface area contributed by atoms with Gasteiger partial charge in [0, 0.05) is 18.0 Å². The number of piperidine rings is 1. The second kappa shape index (κ2) is 8.75. The Balaban J connectivity index is 1.81. The van der Waals surface area contributed by atoms with E-state index in [1.54, 1.807) is 18.2 Å². The molecule has 1 saturated heterocycles. The number of nitrogens with zero attached hydrogens (tertiary/aromatic N) is 1. The van der Waals surface area contributed by atoms with E-state index in [1.165, 1.54) is 14.2 Å². The van der Waals surface area contributed by atoms with Crippen LogP contribution >= 0.6 is 0 Å². The number of amides is 1. The first-order valence-corrected chi connectivity index (χ1v) is 9.07. The average molecular weight is 388 g/mol. The van der Waals surface area contributed by atoms with Gasteiger partial charge in [-0.3, -0.25) is 9.59 Å². The van der Waals surface area contributed by atoms with Crippen LogP contribution in [0.1, 0.15) is 40.6 Å². The summed E-state index contributed by atoms with van der Waals surface area (Å²) in [6, 6.07) is 5.31. The third-order valence-corrected chi connectivity index (χ3v) is 4.78. The molecular weight excluding hydrogens is 364 g/mol. The molecule has 1 aliphatic rings. The summed E-state index contributed by atoms with van der Waals surface area (Å²) in [5.41, 5.74) is -0.301. The number of benzene rings is 1. The van der Waals surface area contributed by atoms with Crippen molar-refractivity contribution >= 4 is 5.91 Å². The number of nitrogens with one attached hydrogen (secondary N) is 3. The third-order valence-electron chi connectivity index (χ3n) is 4.78. The van der Waals surface area contributed by atoms with Crippen molar-refractivity contribution in [2.45, 2.75) is 25.3 Å². The number of aromatic nitrogens is 2. The van der Waals surface area contributed by atoms with Gasteiger partial charge in [-0.25, -0.2) is 4.98 Å². The number of methoxy groups -OCH3 is 2. The number of aromatic hydroxyl groups is 1.